The lowest BCUT2D eigenvalue weighted by Gasteiger charge is -2.42. The quantitative estimate of drug-likeness (QED) is 0.407. The molecule has 0 bridgehead atoms. The molecule has 1 saturated heterocycles. The second kappa shape index (κ2) is 8.25. The third-order valence-electron chi connectivity index (χ3n) is 8.44. The van der Waals surface area contributed by atoms with Gasteiger partial charge in [0.2, 0.25) is 0 Å². The number of aryl methyl sites for hydroxylation is 1. The zero-order valence-corrected chi connectivity index (χ0v) is 20.2. The number of fused-ring (bicyclic) bond motifs is 3. The van der Waals surface area contributed by atoms with Crippen molar-refractivity contribution < 1.29 is 5.11 Å². The highest BCUT2D eigenvalue weighted by molar-refractivity contribution is 5.88. The van der Waals surface area contributed by atoms with Crippen LogP contribution in [0.1, 0.15) is 47.8 Å². The van der Waals surface area contributed by atoms with E-state index >= 15 is 0 Å². The number of rotatable bonds is 3. The standard InChI is InChI=1S/C27H30N8O/c28-23-18-6-2-1-5-17(18)15-27(23)9-13-34(14-10-27)25-20(16-36)30-22-24(31-25)32-33-26(22)35-12-4-7-19-21(35)8-3-11-29-19/h1-3,5-6,8,11,23,36H,4,7,9-10,12-16,28H2,(H,31,32,33). The molecule has 1 unspecified atom stereocenters. The van der Waals surface area contributed by atoms with Crippen molar-refractivity contribution in [3.8, 4) is 0 Å². The third-order valence-corrected chi connectivity index (χ3v) is 8.44. The van der Waals surface area contributed by atoms with Gasteiger partial charge in [-0.05, 0) is 60.8 Å². The summed E-state index contributed by atoms with van der Waals surface area (Å²) < 4.78 is 0. The molecule has 9 nitrogen and oxygen atoms in total. The number of benzene rings is 1. The van der Waals surface area contributed by atoms with Crippen LogP contribution in [0.15, 0.2) is 42.6 Å². The molecule has 1 aliphatic carbocycles. The van der Waals surface area contributed by atoms with Gasteiger partial charge in [0.25, 0.3) is 0 Å². The minimum Gasteiger partial charge on any atom is -0.390 e. The van der Waals surface area contributed by atoms with Crippen molar-refractivity contribution in [1.29, 1.82) is 0 Å². The summed E-state index contributed by atoms with van der Waals surface area (Å²) in [5.41, 5.74) is 13.6. The van der Waals surface area contributed by atoms with Gasteiger partial charge in [-0.1, -0.05) is 24.3 Å². The normalized spacial score (nSPS) is 20.7. The number of nitrogens with zero attached hydrogens (tertiary/aromatic N) is 6. The van der Waals surface area contributed by atoms with Crippen LogP contribution in [0, 0.1) is 5.41 Å². The Kier molecular flexibility index (Phi) is 4.97. The number of H-pyrrole nitrogens is 1. The highest BCUT2D eigenvalue weighted by atomic mass is 16.3. The predicted octanol–water partition coefficient (Wildman–Crippen LogP) is 3.17. The molecule has 3 aliphatic rings. The molecule has 5 heterocycles. The molecule has 2 aliphatic heterocycles. The van der Waals surface area contributed by atoms with Gasteiger partial charge in [0, 0.05) is 31.9 Å². The van der Waals surface area contributed by atoms with Crippen LogP contribution in [0.3, 0.4) is 0 Å². The second-order valence-electron chi connectivity index (χ2n) is 10.3. The smallest absolute Gasteiger partial charge is 0.183 e. The van der Waals surface area contributed by atoms with Crippen molar-refractivity contribution in [2.45, 2.75) is 44.8 Å². The molecule has 3 aromatic heterocycles. The van der Waals surface area contributed by atoms with Crippen LogP contribution in [0.4, 0.5) is 17.3 Å². The van der Waals surface area contributed by atoms with Gasteiger partial charge >= 0.3 is 0 Å². The molecular weight excluding hydrogens is 452 g/mol. The number of hydrogen-bond acceptors (Lipinski definition) is 8. The lowest BCUT2D eigenvalue weighted by atomic mass is 9.73. The first kappa shape index (κ1) is 21.7. The summed E-state index contributed by atoms with van der Waals surface area (Å²) in [4.78, 5) is 18.8. The first-order valence-corrected chi connectivity index (χ1v) is 12.8. The van der Waals surface area contributed by atoms with Crippen LogP contribution >= 0.6 is 0 Å². The van der Waals surface area contributed by atoms with Gasteiger partial charge < -0.3 is 20.6 Å². The first-order valence-electron chi connectivity index (χ1n) is 12.8. The topological polar surface area (TPSA) is 120 Å². The van der Waals surface area contributed by atoms with Crippen LogP contribution < -0.4 is 15.5 Å². The van der Waals surface area contributed by atoms with Gasteiger partial charge in [0.1, 0.15) is 5.69 Å². The summed E-state index contributed by atoms with van der Waals surface area (Å²) in [5.74, 6) is 1.47. The van der Waals surface area contributed by atoms with Crippen molar-refractivity contribution in [1.82, 2.24) is 25.1 Å². The molecule has 1 atom stereocenters. The number of hydrogen-bond donors (Lipinski definition) is 3. The Balaban J connectivity index is 1.18. The fourth-order valence-corrected chi connectivity index (χ4v) is 6.48. The van der Waals surface area contributed by atoms with Crippen molar-refractivity contribution in [2.75, 3.05) is 29.4 Å². The number of pyridine rings is 1. The van der Waals surface area contributed by atoms with E-state index in [4.69, 9.17) is 15.7 Å². The predicted molar refractivity (Wildman–Crippen MR) is 138 cm³/mol. The lowest BCUT2D eigenvalue weighted by molar-refractivity contribution is 0.187. The minimum absolute atomic E-state index is 0.0683. The Bertz CT molecular complexity index is 1440. The Morgan fingerprint density at radius 1 is 1.06 bits per heavy atom. The van der Waals surface area contributed by atoms with Gasteiger partial charge in [-0.3, -0.25) is 10.1 Å². The SMILES string of the molecule is NC1c2ccccc2CC12CCN(c1nc3[nH]nc(N4CCCc5ncccc54)c3nc1CO)CC2. The molecular formula is C27H30N8O. The van der Waals surface area contributed by atoms with Crippen LogP contribution in [0.2, 0.25) is 0 Å². The average molecular weight is 483 g/mol. The highest BCUT2D eigenvalue weighted by Gasteiger charge is 2.46. The van der Waals surface area contributed by atoms with E-state index in [2.05, 4.69) is 55.3 Å². The zero-order valence-electron chi connectivity index (χ0n) is 20.2. The largest absolute Gasteiger partial charge is 0.390 e. The lowest BCUT2D eigenvalue weighted by Crippen LogP contribution is -2.45. The van der Waals surface area contributed by atoms with Gasteiger partial charge in [-0.15, -0.1) is 0 Å². The van der Waals surface area contributed by atoms with Gasteiger partial charge in [0.15, 0.2) is 22.8 Å². The Morgan fingerprint density at radius 2 is 1.92 bits per heavy atom. The zero-order chi connectivity index (χ0) is 24.3. The number of piperidine rings is 1. The van der Waals surface area contributed by atoms with Crippen molar-refractivity contribution >= 4 is 28.5 Å². The molecule has 9 heteroatoms. The number of anilines is 3. The van der Waals surface area contributed by atoms with Crippen molar-refractivity contribution in [2.24, 2.45) is 11.1 Å². The summed E-state index contributed by atoms with van der Waals surface area (Å²) in [6, 6.07) is 12.7. The first-order chi connectivity index (χ1) is 17.7. The Morgan fingerprint density at radius 3 is 2.75 bits per heavy atom. The monoisotopic (exact) mass is 482 g/mol. The molecule has 0 radical (unpaired) electrons. The second-order valence-corrected chi connectivity index (χ2v) is 10.3. The van der Waals surface area contributed by atoms with Crippen LogP contribution in [-0.4, -0.2) is 49.9 Å². The highest BCUT2D eigenvalue weighted by Crippen LogP contribution is 2.51. The van der Waals surface area contributed by atoms with E-state index in [1.807, 2.05) is 12.3 Å². The molecule has 1 fully saturated rings. The molecule has 1 aromatic carbocycles. The number of aromatic amines is 1. The maximum absolute atomic E-state index is 10.3. The van der Waals surface area contributed by atoms with Gasteiger partial charge in [-0.25, -0.2) is 9.97 Å². The molecule has 4 aromatic rings. The third kappa shape index (κ3) is 3.23. The fraction of sp³-hybridized carbons (Fsp3) is 0.407. The van der Waals surface area contributed by atoms with E-state index < -0.39 is 0 Å². The molecule has 36 heavy (non-hydrogen) atoms. The van der Waals surface area contributed by atoms with Crippen LogP contribution in [0.5, 0.6) is 0 Å². The Labute approximate surface area is 209 Å². The summed E-state index contributed by atoms with van der Waals surface area (Å²) in [6.45, 7) is 2.34. The molecule has 7 rings (SSSR count). The number of nitrogens with two attached hydrogens (primary N) is 1. The maximum Gasteiger partial charge on any atom is 0.183 e. The number of aliphatic hydroxyl groups excluding tert-OH is 1. The van der Waals surface area contributed by atoms with Gasteiger partial charge in [-0.2, -0.15) is 5.10 Å². The van der Waals surface area contributed by atoms with Crippen LogP contribution in [-0.2, 0) is 19.4 Å². The number of aliphatic hydroxyl groups is 1. The molecule has 0 amide bonds. The minimum atomic E-state index is -0.173. The Hall–Kier alpha value is -3.56. The molecule has 184 valence electrons. The van der Waals surface area contributed by atoms with E-state index in [-0.39, 0.29) is 18.1 Å². The molecule has 1 spiro atoms. The van der Waals surface area contributed by atoms with Crippen molar-refractivity contribution in [3.63, 3.8) is 0 Å². The van der Waals surface area contributed by atoms with Crippen molar-refractivity contribution in [3.05, 3.63) is 65.1 Å². The summed E-state index contributed by atoms with van der Waals surface area (Å²) in [6.07, 6.45) is 6.79. The number of nitrogens with one attached hydrogen (secondary N) is 1. The summed E-state index contributed by atoms with van der Waals surface area (Å²) in [7, 11) is 0. The fourth-order valence-electron chi connectivity index (χ4n) is 6.48. The maximum atomic E-state index is 10.3. The molecule has 0 saturated carbocycles. The number of aromatic nitrogens is 5. The van der Waals surface area contributed by atoms with Gasteiger partial charge in [0.05, 0.1) is 18.0 Å². The average Bonchev–Trinajstić information content (AvgIpc) is 3.46. The van der Waals surface area contributed by atoms with E-state index in [9.17, 15) is 5.11 Å². The summed E-state index contributed by atoms with van der Waals surface area (Å²) in [5, 5.41) is 18.0. The van der Waals surface area contributed by atoms with E-state index in [0.717, 1.165) is 74.8 Å². The summed E-state index contributed by atoms with van der Waals surface area (Å²) >= 11 is 0. The van der Waals surface area contributed by atoms with E-state index in [1.165, 1.54) is 11.1 Å². The molecule has 4 N–H and O–H groups in total. The van der Waals surface area contributed by atoms with Crippen LogP contribution in [0.25, 0.3) is 11.2 Å². The van der Waals surface area contributed by atoms with E-state index in [0.29, 0.717) is 16.9 Å². The van der Waals surface area contributed by atoms with E-state index in [1.54, 1.807) is 0 Å².